The molecule has 1 amide bonds. The average Bonchev–Trinajstić information content (AvgIpc) is 3.30. The van der Waals surface area contributed by atoms with E-state index in [-0.39, 0.29) is 5.91 Å². The van der Waals surface area contributed by atoms with Crippen molar-refractivity contribution in [2.45, 2.75) is 0 Å². The number of carbonyl (C=O) groups is 1. The smallest absolute Gasteiger partial charge is 0.290 e. The number of methoxy groups -OCH3 is 2. The topological polar surface area (TPSA) is 77.7 Å². The van der Waals surface area contributed by atoms with Crippen LogP contribution in [-0.4, -0.2) is 36.1 Å². The Bertz CT molecular complexity index is 1230. The van der Waals surface area contributed by atoms with Crippen LogP contribution in [0.2, 0.25) is 0 Å². The van der Waals surface area contributed by atoms with Crippen LogP contribution in [0, 0.1) is 0 Å². The SMILES string of the molecule is COc1ccc(-c2cc(C(=O)N/N=C\c3cccc(OC)c3)n(-c3ccccc3)n2)cc1. The van der Waals surface area contributed by atoms with Gasteiger partial charge >= 0.3 is 0 Å². The Balaban J connectivity index is 1.62. The number of carbonyl (C=O) groups excluding carboxylic acids is 1. The number of hydrazone groups is 1. The van der Waals surface area contributed by atoms with E-state index in [1.54, 1.807) is 31.2 Å². The third-order valence-electron chi connectivity index (χ3n) is 4.80. The van der Waals surface area contributed by atoms with Gasteiger partial charge in [-0.25, -0.2) is 10.1 Å². The van der Waals surface area contributed by atoms with Crippen LogP contribution in [0.15, 0.2) is 90.0 Å². The highest BCUT2D eigenvalue weighted by Gasteiger charge is 2.17. The van der Waals surface area contributed by atoms with Crippen molar-refractivity contribution in [3.8, 4) is 28.4 Å². The summed E-state index contributed by atoms with van der Waals surface area (Å²) in [5.41, 5.74) is 6.07. The van der Waals surface area contributed by atoms with Gasteiger partial charge in [-0.15, -0.1) is 0 Å². The van der Waals surface area contributed by atoms with Crippen molar-refractivity contribution in [1.82, 2.24) is 15.2 Å². The van der Waals surface area contributed by atoms with E-state index in [4.69, 9.17) is 9.47 Å². The van der Waals surface area contributed by atoms with E-state index in [1.807, 2.05) is 78.9 Å². The second-order valence-corrected chi connectivity index (χ2v) is 6.87. The third-order valence-corrected chi connectivity index (χ3v) is 4.80. The first kappa shape index (κ1) is 20.9. The lowest BCUT2D eigenvalue weighted by Crippen LogP contribution is -2.21. The van der Waals surface area contributed by atoms with Crippen molar-refractivity contribution in [2.75, 3.05) is 14.2 Å². The van der Waals surface area contributed by atoms with Crippen LogP contribution in [0.3, 0.4) is 0 Å². The zero-order valence-electron chi connectivity index (χ0n) is 17.7. The van der Waals surface area contributed by atoms with Crippen molar-refractivity contribution in [3.63, 3.8) is 0 Å². The summed E-state index contributed by atoms with van der Waals surface area (Å²) in [4.78, 5) is 13.0. The summed E-state index contributed by atoms with van der Waals surface area (Å²) in [7, 11) is 3.22. The predicted octanol–water partition coefficient (Wildman–Crippen LogP) is 4.32. The van der Waals surface area contributed by atoms with Crippen molar-refractivity contribution < 1.29 is 14.3 Å². The van der Waals surface area contributed by atoms with Crippen LogP contribution < -0.4 is 14.9 Å². The van der Waals surface area contributed by atoms with Gasteiger partial charge in [0, 0.05) is 5.56 Å². The fourth-order valence-corrected chi connectivity index (χ4v) is 3.16. The number of para-hydroxylation sites is 1. The number of hydrogen-bond acceptors (Lipinski definition) is 5. The van der Waals surface area contributed by atoms with Gasteiger partial charge in [0.1, 0.15) is 17.2 Å². The van der Waals surface area contributed by atoms with Gasteiger partial charge < -0.3 is 9.47 Å². The number of amides is 1. The summed E-state index contributed by atoms with van der Waals surface area (Å²) < 4.78 is 12.0. The lowest BCUT2D eigenvalue weighted by atomic mass is 10.1. The fourth-order valence-electron chi connectivity index (χ4n) is 3.16. The molecule has 0 unspecified atom stereocenters. The molecule has 0 atom stereocenters. The van der Waals surface area contributed by atoms with Gasteiger partial charge in [0.15, 0.2) is 0 Å². The second-order valence-electron chi connectivity index (χ2n) is 6.87. The normalized spacial score (nSPS) is 10.8. The molecule has 160 valence electrons. The van der Waals surface area contributed by atoms with Gasteiger partial charge in [-0.1, -0.05) is 30.3 Å². The minimum Gasteiger partial charge on any atom is -0.497 e. The Kier molecular flexibility index (Phi) is 6.27. The second kappa shape index (κ2) is 9.61. The average molecular weight is 426 g/mol. The van der Waals surface area contributed by atoms with E-state index in [0.717, 1.165) is 22.6 Å². The number of hydrogen-bond donors (Lipinski definition) is 1. The molecule has 1 heterocycles. The Hall–Kier alpha value is -4.39. The van der Waals surface area contributed by atoms with Gasteiger partial charge in [-0.3, -0.25) is 4.79 Å². The van der Waals surface area contributed by atoms with Crippen LogP contribution in [-0.2, 0) is 0 Å². The minimum atomic E-state index is -0.375. The largest absolute Gasteiger partial charge is 0.497 e. The molecule has 0 aliphatic carbocycles. The zero-order valence-corrected chi connectivity index (χ0v) is 17.7. The number of nitrogens with zero attached hydrogens (tertiary/aromatic N) is 3. The maximum Gasteiger partial charge on any atom is 0.290 e. The predicted molar refractivity (Wildman–Crippen MR) is 124 cm³/mol. The molecule has 7 heteroatoms. The molecule has 7 nitrogen and oxygen atoms in total. The molecule has 0 saturated carbocycles. The van der Waals surface area contributed by atoms with Crippen molar-refractivity contribution in [1.29, 1.82) is 0 Å². The van der Waals surface area contributed by atoms with E-state index in [0.29, 0.717) is 17.1 Å². The summed E-state index contributed by atoms with van der Waals surface area (Å²) >= 11 is 0. The standard InChI is InChI=1S/C25H22N4O3/c1-31-21-13-11-19(12-14-21)23-16-24(29(28-23)20-8-4-3-5-9-20)25(30)27-26-17-18-7-6-10-22(15-18)32-2/h3-17H,1-2H3,(H,27,30)/b26-17-. The molecule has 4 aromatic rings. The molecule has 0 saturated heterocycles. The quantitative estimate of drug-likeness (QED) is 0.353. The number of ether oxygens (including phenoxy) is 2. The summed E-state index contributed by atoms with van der Waals surface area (Å²) in [6, 6.07) is 26.1. The van der Waals surface area contributed by atoms with Gasteiger partial charge in [-0.05, 0) is 60.2 Å². The molecular formula is C25H22N4O3. The summed E-state index contributed by atoms with van der Waals surface area (Å²) in [5.74, 6) is 1.09. The summed E-state index contributed by atoms with van der Waals surface area (Å²) in [5, 5.41) is 8.76. The number of benzene rings is 3. The molecule has 3 aromatic carbocycles. The Labute approximate surface area is 185 Å². The number of nitrogens with one attached hydrogen (secondary N) is 1. The molecule has 0 bridgehead atoms. The Morgan fingerprint density at radius 2 is 1.66 bits per heavy atom. The molecular weight excluding hydrogens is 404 g/mol. The van der Waals surface area contributed by atoms with Crippen LogP contribution in [0.5, 0.6) is 11.5 Å². The molecule has 1 aromatic heterocycles. The van der Waals surface area contributed by atoms with Crippen molar-refractivity contribution >= 4 is 12.1 Å². The van der Waals surface area contributed by atoms with E-state index in [1.165, 1.54) is 0 Å². The van der Waals surface area contributed by atoms with Gasteiger partial charge in [0.25, 0.3) is 5.91 Å². The lowest BCUT2D eigenvalue weighted by Gasteiger charge is -2.06. The van der Waals surface area contributed by atoms with Gasteiger partial charge in [-0.2, -0.15) is 10.2 Å². The van der Waals surface area contributed by atoms with Gasteiger partial charge in [0.05, 0.1) is 31.8 Å². The first-order chi connectivity index (χ1) is 15.7. The molecule has 0 spiro atoms. The highest BCUT2D eigenvalue weighted by Crippen LogP contribution is 2.24. The van der Waals surface area contributed by atoms with Crippen molar-refractivity contribution in [2.24, 2.45) is 5.10 Å². The van der Waals surface area contributed by atoms with E-state index < -0.39 is 0 Å². The Morgan fingerprint density at radius 1 is 0.906 bits per heavy atom. The minimum absolute atomic E-state index is 0.366. The number of rotatable bonds is 7. The lowest BCUT2D eigenvalue weighted by molar-refractivity contribution is 0.0947. The first-order valence-electron chi connectivity index (χ1n) is 9.95. The summed E-state index contributed by atoms with van der Waals surface area (Å²) in [6.45, 7) is 0. The van der Waals surface area contributed by atoms with E-state index in [2.05, 4.69) is 15.6 Å². The van der Waals surface area contributed by atoms with Crippen LogP contribution in [0.4, 0.5) is 0 Å². The van der Waals surface area contributed by atoms with Gasteiger partial charge in [0.2, 0.25) is 0 Å². The first-order valence-corrected chi connectivity index (χ1v) is 9.95. The van der Waals surface area contributed by atoms with E-state index >= 15 is 0 Å². The molecule has 0 fully saturated rings. The maximum absolute atomic E-state index is 13.0. The fraction of sp³-hybridized carbons (Fsp3) is 0.0800. The van der Waals surface area contributed by atoms with Crippen LogP contribution in [0.25, 0.3) is 16.9 Å². The maximum atomic E-state index is 13.0. The summed E-state index contributed by atoms with van der Waals surface area (Å²) in [6.07, 6.45) is 1.56. The van der Waals surface area contributed by atoms with Crippen LogP contribution in [0.1, 0.15) is 16.1 Å². The molecule has 4 rings (SSSR count). The van der Waals surface area contributed by atoms with Crippen LogP contribution >= 0.6 is 0 Å². The zero-order chi connectivity index (χ0) is 22.3. The highest BCUT2D eigenvalue weighted by atomic mass is 16.5. The van der Waals surface area contributed by atoms with Crippen molar-refractivity contribution in [3.05, 3.63) is 96.2 Å². The molecule has 0 radical (unpaired) electrons. The van der Waals surface area contributed by atoms with E-state index in [9.17, 15) is 4.79 Å². The highest BCUT2D eigenvalue weighted by molar-refractivity contribution is 5.95. The Morgan fingerprint density at radius 3 is 2.38 bits per heavy atom. The monoisotopic (exact) mass is 426 g/mol. The number of aromatic nitrogens is 2. The third kappa shape index (κ3) is 4.67. The molecule has 0 aliphatic heterocycles. The molecule has 0 aliphatic rings. The molecule has 1 N–H and O–H groups in total. The molecule has 32 heavy (non-hydrogen) atoms.